The fourth-order valence-corrected chi connectivity index (χ4v) is 0.900. The molecule has 0 saturated carbocycles. The number of aryl methyl sites for hydroxylation is 1. The Bertz CT molecular complexity index is 355. The van der Waals surface area contributed by atoms with Crippen LogP contribution >= 0.6 is 0 Å². The van der Waals surface area contributed by atoms with Gasteiger partial charge in [-0.15, -0.1) is 0 Å². The van der Waals surface area contributed by atoms with Crippen molar-refractivity contribution in [2.75, 3.05) is 0 Å². The van der Waals surface area contributed by atoms with Crippen molar-refractivity contribution >= 4 is 11.0 Å². The van der Waals surface area contributed by atoms with Gasteiger partial charge in [-0.1, -0.05) is 46.7 Å². The van der Waals surface area contributed by atoms with Gasteiger partial charge >= 0.3 is 0 Å². The third kappa shape index (κ3) is 4.91. The van der Waals surface area contributed by atoms with E-state index in [1.54, 1.807) is 18.5 Å². The van der Waals surface area contributed by atoms with Crippen LogP contribution in [-0.4, -0.2) is 10.1 Å². The van der Waals surface area contributed by atoms with Crippen molar-refractivity contribution in [1.82, 2.24) is 10.1 Å². The maximum absolute atomic E-state index is 4.96. The number of aromatic nitrogens is 2. The van der Waals surface area contributed by atoms with Gasteiger partial charge in [0, 0.05) is 18.5 Å². The largest absolute Gasteiger partial charge is 0.356 e. The van der Waals surface area contributed by atoms with Gasteiger partial charge in [0.25, 0.3) is 0 Å². The first-order valence-electron chi connectivity index (χ1n) is 6.04. The zero-order valence-electron chi connectivity index (χ0n) is 11.5. The molecule has 16 heavy (non-hydrogen) atoms. The lowest BCUT2D eigenvalue weighted by atomic mass is 10.3. The van der Waals surface area contributed by atoms with Crippen molar-refractivity contribution in [3.63, 3.8) is 0 Å². The smallest absolute Gasteiger partial charge is 0.170 e. The Hall–Kier alpha value is -1.38. The minimum atomic E-state index is 0.799. The molecule has 2 heterocycles. The van der Waals surface area contributed by atoms with Crippen molar-refractivity contribution < 1.29 is 4.52 Å². The molecule has 0 aliphatic heterocycles. The van der Waals surface area contributed by atoms with Crippen LogP contribution in [0.3, 0.4) is 0 Å². The normalized spacial score (nSPS) is 7.69. The van der Waals surface area contributed by atoms with Crippen LogP contribution in [-0.2, 0) is 0 Å². The summed E-state index contributed by atoms with van der Waals surface area (Å²) in [6.07, 6.45) is 3.44. The van der Waals surface area contributed by atoms with Gasteiger partial charge in [0.05, 0.1) is 11.1 Å². The average molecular weight is 224 g/mol. The van der Waals surface area contributed by atoms with Crippen LogP contribution in [0.15, 0.2) is 23.0 Å². The summed E-state index contributed by atoms with van der Waals surface area (Å²) in [5, 5.41) is 4.77. The van der Waals surface area contributed by atoms with E-state index >= 15 is 0 Å². The van der Waals surface area contributed by atoms with Gasteiger partial charge in [-0.05, 0) is 6.92 Å². The van der Waals surface area contributed by atoms with Crippen LogP contribution < -0.4 is 0 Å². The Morgan fingerprint density at radius 3 is 2.06 bits per heavy atom. The van der Waals surface area contributed by atoms with E-state index in [0.717, 1.165) is 16.7 Å². The van der Waals surface area contributed by atoms with Crippen molar-refractivity contribution in [2.45, 2.75) is 48.5 Å². The van der Waals surface area contributed by atoms with E-state index in [-0.39, 0.29) is 0 Å². The molecule has 0 bridgehead atoms. The van der Waals surface area contributed by atoms with Crippen LogP contribution in [0.4, 0.5) is 0 Å². The molecule has 0 amide bonds. The van der Waals surface area contributed by atoms with Crippen LogP contribution in [0.2, 0.25) is 0 Å². The van der Waals surface area contributed by atoms with Crippen molar-refractivity contribution in [1.29, 1.82) is 0 Å². The van der Waals surface area contributed by atoms with Crippen LogP contribution in [0.5, 0.6) is 0 Å². The van der Waals surface area contributed by atoms with E-state index in [2.05, 4.69) is 10.1 Å². The number of pyridine rings is 1. The van der Waals surface area contributed by atoms with E-state index in [0.29, 0.717) is 0 Å². The molecule has 0 aromatic carbocycles. The summed E-state index contributed by atoms with van der Waals surface area (Å²) in [6.45, 7) is 13.9. The Kier molecular flexibility index (Phi) is 12.4. The standard InChI is InChI=1S/C7H6N2O.3C2H6/c1-5-6-4-8-3-2-7(6)10-9-5;3*1-2/h2-4H,1H3;3*1-2H3. The SMILES string of the molecule is CC.CC.CC.Cc1noc2ccncc12. The van der Waals surface area contributed by atoms with E-state index in [1.807, 2.05) is 48.5 Å². The highest BCUT2D eigenvalue weighted by Gasteiger charge is 2.00. The van der Waals surface area contributed by atoms with Gasteiger partial charge in [-0.3, -0.25) is 4.98 Å². The first kappa shape index (κ1) is 17.0. The van der Waals surface area contributed by atoms with Crippen molar-refractivity contribution in [2.24, 2.45) is 0 Å². The summed E-state index contributed by atoms with van der Waals surface area (Å²) in [5.74, 6) is 0. The predicted octanol–water partition coefficient (Wildman–Crippen LogP) is 4.61. The fraction of sp³-hybridized carbons (Fsp3) is 0.538. The summed E-state index contributed by atoms with van der Waals surface area (Å²) >= 11 is 0. The molecule has 0 N–H and O–H groups in total. The monoisotopic (exact) mass is 224 g/mol. The second kappa shape index (κ2) is 11.7. The molecule has 0 spiro atoms. The van der Waals surface area contributed by atoms with Gasteiger partial charge in [0.2, 0.25) is 0 Å². The maximum Gasteiger partial charge on any atom is 0.170 e. The first-order valence-corrected chi connectivity index (χ1v) is 6.04. The van der Waals surface area contributed by atoms with Crippen molar-refractivity contribution in [3.05, 3.63) is 24.2 Å². The zero-order chi connectivity index (χ0) is 13.0. The molecule has 2 rings (SSSR count). The molecule has 2 aromatic heterocycles. The molecule has 0 aliphatic carbocycles. The molecule has 2 aromatic rings. The highest BCUT2D eigenvalue weighted by atomic mass is 16.5. The van der Waals surface area contributed by atoms with Gasteiger partial charge in [0.15, 0.2) is 5.58 Å². The maximum atomic E-state index is 4.96. The Labute approximate surface area is 98.9 Å². The summed E-state index contributed by atoms with van der Waals surface area (Å²) in [5.41, 5.74) is 1.69. The second-order valence-electron chi connectivity index (χ2n) is 2.14. The van der Waals surface area contributed by atoms with E-state index in [1.165, 1.54) is 0 Å². The lowest BCUT2D eigenvalue weighted by Crippen LogP contribution is -1.70. The third-order valence-electron chi connectivity index (χ3n) is 1.45. The van der Waals surface area contributed by atoms with Crippen LogP contribution in [0.1, 0.15) is 47.2 Å². The second-order valence-corrected chi connectivity index (χ2v) is 2.14. The Morgan fingerprint density at radius 2 is 1.56 bits per heavy atom. The summed E-state index contributed by atoms with van der Waals surface area (Å²) in [6, 6.07) is 1.80. The Morgan fingerprint density at radius 1 is 1.00 bits per heavy atom. The number of fused-ring (bicyclic) bond motifs is 1. The number of rotatable bonds is 0. The molecular formula is C13H24N2O. The number of hydrogen-bond donors (Lipinski definition) is 0. The molecular weight excluding hydrogens is 200 g/mol. The zero-order valence-corrected chi connectivity index (χ0v) is 11.5. The fourth-order valence-electron chi connectivity index (χ4n) is 0.900. The van der Waals surface area contributed by atoms with Crippen LogP contribution in [0.25, 0.3) is 11.0 Å². The van der Waals surface area contributed by atoms with E-state index in [9.17, 15) is 0 Å². The lowest BCUT2D eigenvalue weighted by molar-refractivity contribution is 0.450. The molecule has 3 nitrogen and oxygen atoms in total. The number of nitrogens with zero attached hydrogens (tertiary/aromatic N) is 2. The number of hydrogen-bond acceptors (Lipinski definition) is 3. The molecule has 0 aliphatic rings. The molecule has 0 radical (unpaired) electrons. The molecule has 92 valence electrons. The van der Waals surface area contributed by atoms with Gasteiger partial charge < -0.3 is 4.52 Å². The highest BCUT2D eigenvalue weighted by Crippen LogP contribution is 2.14. The van der Waals surface area contributed by atoms with Crippen molar-refractivity contribution in [3.8, 4) is 0 Å². The predicted molar refractivity (Wildman–Crippen MR) is 70.6 cm³/mol. The molecule has 0 atom stereocenters. The first-order chi connectivity index (χ1) is 7.88. The van der Waals surface area contributed by atoms with Crippen LogP contribution in [0, 0.1) is 6.92 Å². The molecule has 0 fully saturated rings. The average Bonchev–Trinajstić information content (AvgIpc) is 2.79. The molecule has 3 heteroatoms. The minimum absolute atomic E-state index is 0.799. The quantitative estimate of drug-likeness (QED) is 0.656. The van der Waals surface area contributed by atoms with Gasteiger partial charge in [-0.2, -0.15) is 0 Å². The van der Waals surface area contributed by atoms with E-state index < -0.39 is 0 Å². The Balaban J connectivity index is 0. The highest BCUT2D eigenvalue weighted by molar-refractivity contribution is 5.77. The van der Waals surface area contributed by atoms with E-state index in [4.69, 9.17) is 4.52 Å². The summed E-state index contributed by atoms with van der Waals surface area (Å²) < 4.78 is 4.96. The van der Waals surface area contributed by atoms with Gasteiger partial charge in [-0.25, -0.2) is 0 Å². The summed E-state index contributed by atoms with van der Waals surface area (Å²) in [7, 11) is 0. The topological polar surface area (TPSA) is 38.9 Å². The van der Waals surface area contributed by atoms with Gasteiger partial charge in [0.1, 0.15) is 0 Å². The molecule has 0 unspecified atom stereocenters. The minimum Gasteiger partial charge on any atom is -0.356 e. The summed E-state index contributed by atoms with van der Waals surface area (Å²) in [4.78, 5) is 3.95. The molecule has 0 saturated heterocycles. The lowest BCUT2D eigenvalue weighted by Gasteiger charge is -1.81. The third-order valence-corrected chi connectivity index (χ3v) is 1.45.